The average molecular weight is 485 g/mol. The first-order chi connectivity index (χ1) is 17.5. The van der Waals surface area contributed by atoms with Crippen LogP contribution in [0.25, 0.3) is 0 Å². The molecule has 7 heteroatoms. The van der Waals surface area contributed by atoms with Gasteiger partial charge in [-0.2, -0.15) is 0 Å². The molecule has 3 aliphatic heterocycles. The SMILES string of the molecule is CCOc1ccc(C2N(C)c3ccc(N4Cc5cc(N6CCOCC6)ccc5C4=O)cc3N2C)cc1. The highest BCUT2D eigenvalue weighted by Crippen LogP contribution is 2.46. The van der Waals surface area contributed by atoms with Crippen molar-refractivity contribution in [1.82, 2.24) is 0 Å². The van der Waals surface area contributed by atoms with E-state index in [-0.39, 0.29) is 12.1 Å². The summed E-state index contributed by atoms with van der Waals surface area (Å²) in [6.45, 7) is 6.51. The van der Waals surface area contributed by atoms with Crippen LogP contribution in [0.1, 0.15) is 34.6 Å². The zero-order valence-electron chi connectivity index (χ0n) is 21.1. The number of anilines is 4. The summed E-state index contributed by atoms with van der Waals surface area (Å²) in [5, 5.41) is 0. The number of hydrogen-bond acceptors (Lipinski definition) is 6. The zero-order valence-corrected chi connectivity index (χ0v) is 21.1. The number of fused-ring (bicyclic) bond motifs is 2. The minimum absolute atomic E-state index is 0.0653. The molecule has 3 aliphatic rings. The molecule has 6 rings (SSSR count). The van der Waals surface area contributed by atoms with Crippen molar-refractivity contribution in [1.29, 1.82) is 0 Å². The van der Waals surface area contributed by atoms with Crippen molar-refractivity contribution < 1.29 is 14.3 Å². The summed E-state index contributed by atoms with van der Waals surface area (Å²) in [5.74, 6) is 0.948. The molecule has 0 aliphatic carbocycles. The monoisotopic (exact) mass is 484 g/mol. The fourth-order valence-electron chi connectivity index (χ4n) is 5.67. The van der Waals surface area contributed by atoms with Gasteiger partial charge in [0.15, 0.2) is 0 Å². The van der Waals surface area contributed by atoms with Crippen LogP contribution in [-0.2, 0) is 11.3 Å². The minimum atomic E-state index is 0.0653. The van der Waals surface area contributed by atoms with Gasteiger partial charge < -0.3 is 29.1 Å². The van der Waals surface area contributed by atoms with E-state index in [9.17, 15) is 4.79 Å². The van der Waals surface area contributed by atoms with Crippen LogP contribution < -0.4 is 24.3 Å². The molecule has 36 heavy (non-hydrogen) atoms. The fraction of sp³-hybridized carbons (Fsp3) is 0.345. The van der Waals surface area contributed by atoms with Gasteiger partial charge in [0.25, 0.3) is 5.91 Å². The second kappa shape index (κ2) is 9.06. The number of nitrogens with zero attached hydrogens (tertiary/aromatic N) is 4. The number of benzene rings is 3. The molecule has 1 saturated heterocycles. The predicted octanol–water partition coefficient (Wildman–Crippen LogP) is 4.67. The van der Waals surface area contributed by atoms with E-state index < -0.39 is 0 Å². The number of amides is 1. The van der Waals surface area contributed by atoms with Crippen molar-refractivity contribution in [3.63, 3.8) is 0 Å². The third kappa shape index (κ3) is 3.75. The van der Waals surface area contributed by atoms with Crippen LogP contribution in [0.2, 0.25) is 0 Å². The van der Waals surface area contributed by atoms with Gasteiger partial charge in [-0.05, 0) is 66.6 Å². The number of carbonyl (C=O) groups is 1. The number of hydrogen-bond donors (Lipinski definition) is 0. The van der Waals surface area contributed by atoms with E-state index in [4.69, 9.17) is 9.47 Å². The molecule has 0 bridgehead atoms. The molecular formula is C29H32N4O3. The Bertz CT molecular complexity index is 1290. The van der Waals surface area contributed by atoms with Gasteiger partial charge >= 0.3 is 0 Å². The van der Waals surface area contributed by atoms with Crippen molar-refractivity contribution in [2.75, 3.05) is 66.6 Å². The Balaban J connectivity index is 1.25. The second-order valence-electron chi connectivity index (χ2n) is 9.60. The summed E-state index contributed by atoms with van der Waals surface area (Å²) in [4.78, 5) is 22.1. The van der Waals surface area contributed by atoms with Crippen LogP contribution in [0.3, 0.4) is 0 Å². The average Bonchev–Trinajstić information content (AvgIpc) is 3.37. The van der Waals surface area contributed by atoms with Gasteiger partial charge in [-0.25, -0.2) is 0 Å². The van der Waals surface area contributed by atoms with E-state index >= 15 is 0 Å². The van der Waals surface area contributed by atoms with E-state index in [0.29, 0.717) is 13.2 Å². The number of ether oxygens (including phenoxy) is 2. The Morgan fingerprint density at radius 1 is 0.889 bits per heavy atom. The van der Waals surface area contributed by atoms with Crippen molar-refractivity contribution in [3.05, 3.63) is 77.4 Å². The van der Waals surface area contributed by atoms with Crippen LogP contribution in [0.4, 0.5) is 22.7 Å². The van der Waals surface area contributed by atoms with Crippen LogP contribution in [0, 0.1) is 0 Å². The number of morpholine rings is 1. The highest BCUT2D eigenvalue weighted by molar-refractivity contribution is 6.10. The first-order valence-electron chi connectivity index (χ1n) is 12.6. The van der Waals surface area contributed by atoms with E-state index in [0.717, 1.165) is 60.2 Å². The molecule has 1 fully saturated rings. The lowest BCUT2D eigenvalue weighted by Gasteiger charge is -2.29. The molecule has 1 atom stereocenters. The van der Waals surface area contributed by atoms with Crippen LogP contribution in [0.15, 0.2) is 60.7 Å². The molecule has 3 aromatic rings. The lowest BCUT2D eigenvalue weighted by atomic mass is 10.1. The lowest BCUT2D eigenvalue weighted by Crippen LogP contribution is -2.36. The van der Waals surface area contributed by atoms with Gasteiger partial charge in [-0.15, -0.1) is 0 Å². The molecule has 186 valence electrons. The minimum Gasteiger partial charge on any atom is -0.494 e. The summed E-state index contributed by atoms with van der Waals surface area (Å²) in [6, 6.07) is 20.9. The smallest absolute Gasteiger partial charge is 0.258 e. The Kier molecular flexibility index (Phi) is 5.72. The van der Waals surface area contributed by atoms with Crippen molar-refractivity contribution in [2.24, 2.45) is 0 Å². The first-order valence-corrected chi connectivity index (χ1v) is 12.6. The lowest BCUT2D eigenvalue weighted by molar-refractivity contribution is 0.0996. The van der Waals surface area contributed by atoms with Crippen molar-refractivity contribution >= 4 is 28.7 Å². The highest BCUT2D eigenvalue weighted by Gasteiger charge is 2.35. The molecular weight excluding hydrogens is 452 g/mol. The Hall–Kier alpha value is -3.71. The quantitative estimate of drug-likeness (QED) is 0.525. The Morgan fingerprint density at radius 3 is 2.36 bits per heavy atom. The topological polar surface area (TPSA) is 48.5 Å². The predicted molar refractivity (Wildman–Crippen MR) is 144 cm³/mol. The van der Waals surface area contributed by atoms with Crippen LogP contribution >= 0.6 is 0 Å². The molecule has 0 aromatic heterocycles. The van der Waals surface area contributed by atoms with Gasteiger partial charge in [0.1, 0.15) is 11.9 Å². The summed E-state index contributed by atoms with van der Waals surface area (Å²) in [6.07, 6.45) is 0.0773. The van der Waals surface area contributed by atoms with Crippen molar-refractivity contribution in [2.45, 2.75) is 19.6 Å². The maximum atomic E-state index is 13.4. The highest BCUT2D eigenvalue weighted by atomic mass is 16.5. The van der Waals surface area contributed by atoms with E-state index in [2.05, 4.69) is 71.3 Å². The summed E-state index contributed by atoms with van der Waals surface area (Å²) in [7, 11) is 4.23. The van der Waals surface area contributed by atoms with Crippen LogP contribution in [0.5, 0.6) is 5.75 Å². The molecule has 0 saturated carbocycles. The third-order valence-corrected chi connectivity index (χ3v) is 7.52. The fourth-order valence-corrected chi connectivity index (χ4v) is 5.67. The van der Waals surface area contributed by atoms with Gasteiger partial charge in [0, 0.05) is 44.1 Å². The van der Waals surface area contributed by atoms with Crippen molar-refractivity contribution in [3.8, 4) is 5.75 Å². The summed E-state index contributed by atoms with van der Waals surface area (Å²) < 4.78 is 11.1. The zero-order chi connectivity index (χ0) is 24.8. The molecule has 3 heterocycles. The van der Waals surface area contributed by atoms with Gasteiger partial charge in [-0.1, -0.05) is 12.1 Å². The second-order valence-corrected chi connectivity index (χ2v) is 9.60. The maximum Gasteiger partial charge on any atom is 0.258 e. The van der Waals surface area contributed by atoms with E-state index in [1.807, 2.05) is 30.0 Å². The summed E-state index contributed by atoms with van der Waals surface area (Å²) >= 11 is 0. The Labute approximate surface area is 212 Å². The standard InChI is InChI=1S/C29H32N4O3/c1-4-36-24-9-5-20(6-10-24)28-30(2)26-12-8-23(18-27(26)31(28)3)33-19-21-17-22(7-11-25(21)29(33)34)32-13-15-35-16-14-32/h5-12,17-18,28H,4,13-16,19H2,1-3H3. The van der Waals surface area contributed by atoms with E-state index in [1.165, 1.54) is 11.3 Å². The molecule has 0 radical (unpaired) electrons. The van der Waals surface area contributed by atoms with Crippen LogP contribution in [-0.4, -0.2) is 52.9 Å². The van der Waals surface area contributed by atoms with E-state index in [1.54, 1.807) is 0 Å². The molecule has 7 nitrogen and oxygen atoms in total. The third-order valence-electron chi connectivity index (χ3n) is 7.52. The maximum absolute atomic E-state index is 13.4. The Morgan fingerprint density at radius 2 is 1.61 bits per heavy atom. The molecule has 0 spiro atoms. The summed E-state index contributed by atoms with van der Waals surface area (Å²) in [5.41, 5.74) is 7.44. The molecule has 3 aromatic carbocycles. The number of rotatable bonds is 5. The normalized spacial score (nSPS) is 19.1. The van der Waals surface area contributed by atoms with Gasteiger partial charge in [0.2, 0.25) is 0 Å². The number of carbonyl (C=O) groups excluding carboxylic acids is 1. The molecule has 1 unspecified atom stereocenters. The largest absolute Gasteiger partial charge is 0.494 e. The van der Waals surface area contributed by atoms with Gasteiger partial charge in [-0.3, -0.25) is 4.79 Å². The first kappa shape index (κ1) is 22.7. The van der Waals surface area contributed by atoms with Gasteiger partial charge in [0.05, 0.1) is 37.7 Å². The molecule has 0 N–H and O–H groups in total. The molecule has 1 amide bonds.